The van der Waals surface area contributed by atoms with Crippen molar-refractivity contribution in [3.63, 3.8) is 0 Å². The number of hydrogen-bond acceptors (Lipinski definition) is 5. The minimum Gasteiger partial charge on any atom is -0.378 e. The first-order chi connectivity index (χ1) is 10.6. The van der Waals surface area contributed by atoms with Crippen molar-refractivity contribution in [1.82, 2.24) is 4.98 Å². The molecule has 1 aromatic heterocycles. The fraction of sp³-hybridized carbons (Fsp3) is 0.267. The van der Waals surface area contributed by atoms with Crippen LogP contribution in [0.25, 0.3) is 11.3 Å². The van der Waals surface area contributed by atoms with Gasteiger partial charge >= 0.3 is 0 Å². The van der Waals surface area contributed by atoms with Gasteiger partial charge in [0.2, 0.25) is 0 Å². The molecule has 114 valence electrons. The van der Waals surface area contributed by atoms with E-state index in [-0.39, 0.29) is 5.69 Å². The second-order valence-corrected chi connectivity index (χ2v) is 5.33. The van der Waals surface area contributed by atoms with E-state index in [2.05, 4.69) is 9.88 Å². The zero-order valence-corrected chi connectivity index (χ0v) is 12.5. The summed E-state index contributed by atoms with van der Waals surface area (Å²) in [5, 5.41) is 11.3. The number of nitrogens with zero attached hydrogens (tertiary/aromatic N) is 3. The Balaban J connectivity index is 1.98. The van der Waals surface area contributed by atoms with Crippen molar-refractivity contribution in [2.75, 3.05) is 31.2 Å². The molecule has 3 rings (SSSR count). The maximum absolute atomic E-state index is 10.9. The number of halogens is 1. The molecule has 2 aromatic rings. The molecule has 0 spiro atoms. The SMILES string of the molecule is O=[N+]([O-])c1cccc(-c2cc(N3CCOCC3)cc(Cl)n2)c1. The summed E-state index contributed by atoms with van der Waals surface area (Å²) in [5.41, 5.74) is 2.28. The van der Waals surface area contributed by atoms with Gasteiger partial charge in [0.15, 0.2) is 0 Å². The van der Waals surface area contributed by atoms with Crippen molar-refractivity contribution in [3.05, 3.63) is 51.7 Å². The van der Waals surface area contributed by atoms with E-state index in [4.69, 9.17) is 16.3 Å². The highest BCUT2D eigenvalue weighted by Gasteiger charge is 2.15. The number of hydrogen-bond donors (Lipinski definition) is 0. The zero-order chi connectivity index (χ0) is 15.5. The topological polar surface area (TPSA) is 68.5 Å². The molecule has 7 heteroatoms. The molecule has 0 N–H and O–H groups in total. The predicted molar refractivity (Wildman–Crippen MR) is 84.4 cm³/mol. The van der Waals surface area contributed by atoms with Crippen molar-refractivity contribution in [2.24, 2.45) is 0 Å². The van der Waals surface area contributed by atoms with Crippen LogP contribution in [0, 0.1) is 10.1 Å². The third-order valence-corrected chi connectivity index (χ3v) is 3.70. The molecule has 0 bridgehead atoms. The highest BCUT2D eigenvalue weighted by atomic mass is 35.5. The van der Waals surface area contributed by atoms with Crippen LogP contribution in [0.5, 0.6) is 0 Å². The standard InChI is InChI=1S/C15H14ClN3O3/c16-15-10-13(18-4-6-22-7-5-18)9-14(17-15)11-2-1-3-12(8-11)19(20)21/h1-3,8-10H,4-7H2. The summed E-state index contributed by atoms with van der Waals surface area (Å²) in [5.74, 6) is 0. The van der Waals surface area contributed by atoms with Crippen LogP contribution in [0.15, 0.2) is 36.4 Å². The summed E-state index contributed by atoms with van der Waals surface area (Å²) >= 11 is 6.12. The van der Waals surface area contributed by atoms with Gasteiger partial charge in [-0.2, -0.15) is 0 Å². The molecule has 1 fully saturated rings. The first-order valence-electron chi connectivity index (χ1n) is 6.88. The van der Waals surface area contributed by atoms with Gasteiger partial charge in [0, 0.05) is 36.5 Å². The molecular formula is C15H14ClN3O3. The number of non-ortho nitro benzene ring substituents is 1. The quantitative estimate of drug-likeness (QED) is 0.494. The molecule has 0 atom stereocenters. The summed E-state index contributed by atoms with van der Waals surface area (Å²) in [6, 6.07) is 10.1. The molecule has 0 saturated carbocycles. The Kier molecular flexibility index (Phi) is 4.22. The largest absolute Gasteiger partial charge is 0.378 e. The molecule has 0 aliphatic carbocycles. The van der Waals surface area contributed by atoms with Gasteiger partial charge in [0.25, 0.3) is 5.69 Å². The molecule has 1 aromatic carbocycles. The van der Waals surface area contributed by atoms with Crippen LogP contribution in [0.2, 0.25) is 5.15 Å². The van der Waals surface area contributed by atoms with Crippen molar-refractivity contribution in [2.45, 2.75) is 0 Å². The molecule has 0 unspecified atom stereocenters. The van der Waals surface area contributed by atoms with Crippen LogP contribution in [0.1, 0.15) is 0 Å². The number of nitro groups is 1. The molecule has 1 aliphatic rings. The zero-order valence-electron chi connectivity index (χ0n) is 11.7. The number of nitro benzene ring substituents is 1. The van der Waals surface area contributed by atoms with Crippen molar-refractivity contribution < 1.29 is 9.66 Å². The van der Waals surface area contributed by atoms with Gasteiger partial charge in [0.05, 0.1) is 23.8 Å². The minimum absolute atomic E-state index is 0.0344. The highest BCUT2D eigenvalue weighted by Crippen LogP contribution is 2.28. The summed E-state index contributed by atoms with van der Waals surface area (Å²) in [7, 11) is 0. The van der Waals surface area contributed by atoms with Gasteiger partial charge < -0.3 is 9.64 Å². The van der Waals surface area contributed by atoms with Gasteiger partial charge in [0.1, 0.15) is 5.15 Å². The van der Waals surface area contributed by atoms with Gasteiger partial charge in [-0.1, -0.05) is 23.7 Å². The van der Waals surface area contributed by atoms with E-state index in [1.54, 1.807) is 18.2 Å². The monoisotopic (exact) mass is 319 g/mol. The summed E-state index contributed by atoms with van der Waals surface area (Å²) in [6.07, 6.45) is 0. The van der Waals surface area contributed by atoms with Gasteiger partial charge in [-0.3, -0.25) is 10.1 Å². The number of anilines is 1. The molecule has 2 heterocycles. The number of aromatic nitrogens is 1. The molecular weight excluding hydrogens is 306 g/mol. The lowest BCUT2D eigenvalue weighted by Crippen LogP contribution is -2.36. The van der Waals surface area contributed by atoms with E-state index in [1.807, 2.05) is 6.07 Å². The van der Waals surface area contributed by atoms with Crippen LogP contribution in [-0.4, -0.2) is 36.2 Å². The van der Waals surface area contributed by atoms with Gasteiger partial charge in [-0.25, -0.2) is 4.98 Å². The second kappa shape index (κ2) is 6.29. The number of morpholine rings is 1. The Morgan fingerprint density at radius 3 is 2.73 bits per heavy atom. The first kappa shape index (κ1) is 14.7. The smallest absolute Gasteiger partial charge is 0.270 e. The molecule has 0 amide bonds. The normalized spacial score (nSPS) is 14.9. The fourth-order valence-electron chi connectivity index (χ4n) is 2.41. The maximum Gasteiger partial charge on any atom is 0.270 e. The van der Waals surface area contributed by atoms with Crippen LogP contribution < -0.4 is 4.90 Å². The first-order valence-corrected chi connectivity index (χ1v) is 7.26. The summed E-state index contributed by atoms with van der Waals surface area (Å²) in [6.45, 7) is 2.92. The number of rotatable bonds is 3. The van der Waals surface area contributed by atoms with E-state index in [0.717, 1.165) is 18.8 Å². The van der Waals surface area contributed by atoms with Gasteiger partial charge in [-0.05, 0) is 12.1 Å². The van der Waals surface area contributed by atoms with E-state index < -0.39 is 4.92 Å². The minimum atomic E-state index is -0.420. The molecule has 1 saturated heterocycles. The third-order valence-electron chi connectivity index (χ3n) is 3.51. The van der Waals surface area contributed by atoms with Crippen LogP contribution in [0.4, 0.5) is 11.4 Å². The average molecular weight is 320 g/mol. The Bertz CT molecular complexity index is 702. The molecule has 6 nitrogen and oxygen atoms in total. The van der Waals surface area contributed by atoms with E-state index in [1.165, 1.54) is 12.1 Å². The predicted octanol–water partition coefficient (Wildman–Crippen LogP) is 3.15. The van der Waals surface area contributed by atoms with Crippen LogP contribution in [-0.2, 0) is 4.74 Å². The fourth-order valence-corrected chi connectivity index (χ4v) is 2.62. The number of pyridine rings is 1. The van der Waals surface area contributed by atoms with E-state index in [9.17, 15) is 10.1 Å². The molecule has 0 radical (unpaired) electrons. The Hall–Kier alpha value is -2.18. The Morgan fingerprint density at radius 1 is 1.23 bits per heavy atom. The number of benzene rings is 1. The van der Waals surface area contributed by atoms with Crippen molar-refractivity contribution in [1.29, 1.82) is 0 Å². The van der Waals surface area contributed by atoms with Crippen LogP contribution >= 0.6 is 11.6 Å². The summed E-state index contributed by atoms with van der Waals surface area (Å²) in [4.78, 5) is 16.9. The maximum atomic E-state index is 10.9. The number of ether oxygens (including phenoxy) is 1. The highest BCUT2D eigenvalue weighted by molar-refractivity contribution is 6.29. The van der Waals surface area contributed by atoms with E-state index >= 15 is 0 Å². The van der Waals surface area contributed by atoms with Crippen LogP contribution in [0.3, 0.4) is 0 Å². The lowest BCUT2D eigenvalue weighted by molar-refractivity contribution is -0.384. The Labute approximate surface area is 132 Å². The van der Waals surface area contributed by atoms with E-state index in [0.29, 0.717) is 29.6 Å². The lowest BCUT2D eigenvalue weighted by Gasteiger charge is -2.29. The second-order valence-electron chi connectivity index (χ2n) is 4.94. The average Bonchev–Trinajstić information content (AvgIpc) is 2.55. The summed E-state index contributed by atoms with van der Waals surface area (Å²) < 4.78 is 5.34. The lowest BCUT2D eigenvalue weighted by atomic mass is 10.1. The van der Waals surface area contributed by atoms with Crippen molar-refractivity contribution in [3.8, 4) is 11.3 Å². The molecule has 22 heavy (non-hydrogen) atoms. The Morgan fingerprint density at radius 2 is 2.00 bits per heavy atom. The van der Waals surface area contributed by atoms with Crippen molar-refractivity contribution >= 4 is 23.0 Å². The van der Waals surface area contributed by atoms with Gasteiger partial charge in [-0.15, -0.1) is 0 Å². The third kappa shape index (κ3) is 3.18. The molecule has 1 aliphatic heterocycles.